The Kier molecular flexibility index (Phi) is 4.42. The Balaban J connectivity index is 1.80. The van der Waals surface area contributed by atoms with Crippen molar-refractivity contribution in [2.75, 3.05) is 18.0 Å². The number of nitro benzene ring substituents is 1. The molecule has 1 aromatic heterocycles. The number of anilines is 1. The van der Waals surface area contributed by atoms with Gasteiger partial charge < -0.3 is 4.90 Å². The van der Waals surface area contributed by atoms with Crippen LogP contribution in [0.2, 0.25) is 0 Å². The van der Waals surface area contributed by atoms with Gasteiger partial charge in [0.15, 0.2) is 5.13 Å². The van der Waals surface area contributed by atoms with Gasteiger partial charge in [-0.25, -0.2) is 4.98 Å². The van der Waals surface area contributed by atoms with E-state index in [1.54, 1.807) is 23.5 Å². The van der Waals surface area contributed by atoms with Crippen LogP contribution in [0.15, 0.2) is 48.5 Å². The van der Waals surface area contributed by atoms with E-state index in [0.717, 1.165) is 39.9 Å². The summed E-state index contributed by atoms with van der Waals surface area (Å²) in [6, 6.07) is 15.1. The standard InChI is InChI=1S/C20H19N3O2S/c1-14-4-6-15(7-5-14)18-19(16-8-10-17(11-9-16)23(24)25)26-20(21-18)22-12-2-3-13-22/h4-11H,2-3,12-13H2,1H3. The SMILES string of the molecule is Cc1ccc(-c2nc(N3CCCC3)sc2-c2ccc([N+](=O)[O-])cc2)cc1. The van der Waals surface area contributed by atoms with Gasteiger partial charge >= 0.3 is 0 Å². The number of nitro groups is 1. The quantitative estimate of drug-likeness (QED) is 0.465. The molecule has 2 heterocycles. The maximum Gasteiger partial charge on any atom is 0.269 e. The summed E-state index contributed by atoms with van der Waals surface area (Å²) in [5, 5.41) is 12.0. The average molecular weight is 365 g/mol. The summed E-state index contributed by atoms with van der Waals surface area (Å²) in [5.41, 5.74) is 4.31. The van der Waals surface area contributed by atoms with Crippen molar-refractivity contribution in [3.63, 3.8) is 0 Å². The topological polar surface area (TPSA) is 59.3 Å². The van der Waals surface area contributed by atoms with Crippen molar-refractivity contribution in [1.82, 2.24) is 4.98 Å². The third kappa shape index (κ3) is 3.20. The maximum atomic E-state index is 10.9. The zero-order chi connectivity index (χ0) is 18.1. The molecule has 0 atom stereocenters. The Morgan fingerprint density at radius 1 is 1.00 bits per heavy atom. The predicted molar refractivity (Wildman–Crippen MR) is 106 cm³/mol. The van der Waals surface area contributed by atoms with Crippen molar-refractivity contribution in [2.24, 2.45) is 0 Å². The number of aryl methyl sites for hydroxylation is 1. The number of rotatable bonds is 4. The Morgan fingerprint density at radius 2 is 1.62 bits per heavy atom. The van der Waals surface area contributed by atoms with Gasteiger partial charge in [-0.1, -0.05) is 41.2 Å². The van der Waals surface area contributed by atoms with Crippen LogP contribution in [0.4, 0.5) is 10.8 Å². The second-order valence-electron chi connectivity index (χ2n) is 6.54. The minimum absolute atomic E-state index is 0.106. The van der Waals surface area contributed by atoms with Crippen molar-refractivity contribution in [3.8, 4) is 21.7 Å². The summed E-state index contributed by atoms with van der Waals surface area (Å²) in [6.45, 7) is 4.15. The molecule has 1 saturated heterocycles. The summed E-state index contributed by atoms with van der Waals surface area (Å²) in [5.74, 6) is 0. The second kappa shape index (κ2) is 6.88. The Morgan fingerprint density at radius 3 is 2.23 bits per heavy atom. The first kappa shape index (κ1) is 16.7. The van der Waals surface area contributed by atoms with Crippen LogP contribution in [-0.4, -0.2) is 23.0 Å². The largest absolute Gasteiger partial charge is 0.348 e. The van der Waals surface area contributed by atoms with E-state index in [1.807, 2.05) is 12.1 Å². The van der Waals surface area contributed by atoms with E-state index in [2.05, 4.69) is 36.1 Å². The molecule has 5 nitrogen and oxygen atoms in total. The lowest BCUT2D eigenvalue weighted by molar-refractivity contribution is -0.384. The first-order chi connectivity index (χ1) is 12.6. The lowest BCUT2D eigenvalue weighted by atomic mass is 10.1. The van der Waals surface area contributed by atoms with Gasteiger partial charge in [0.05, 0.1) is 15.5 Å². The number of thiazole rings is 1. The average Bonchev–Trinajstić information content (AvgIpc) is 3.32. The number of nitrogens with zero attached hydrogens (tertiary/aromatic N) is 3. The fourth-order valence-electron chi connectivity index (χ4n) is 3.19. The van der Waals surface area contributed by atoms with E-state index in [1.165, 1.54) is 18.4 Å². The van der Waals surface area contributed by atoms with Crippen molar-refractivity contribution >= 4 is 22.2 Å². The zero-order valence-corrected chi connectivity index (χ0v) is 15.3. The van der Waals surface area contributed by atoms with Gasteiger partial charge in [0.2, 0.25) is 0 Å². The molecule has 0 amide bonds. The minimum atomic E-state index is -0.368. The van der Waals surface area contributed by atoms with Crippen LogP contribution in [-0.2, 0) is 0 Å². The van der Waals surface area contributed by atoms with Gasteiger partial charge in [-0.05, 0) is 37.5 Å². The number of non-ortho nitro benzene ring substituents is 1. The fraction of sp³-hybridized carbons (Fsp3) is 0.250. The molecule has 2 aromatic carbocycles. The van der Waals surface area contributed by atoms with Crippen LogP contribution in [0.25, 0.3) is 21.7 Å². The third-order valence-corrected chi connectivity index (χ3v) is 5.82. The normalized spacial score (nSPS) is 14.0. The van der Waals surface area contributed by atoms with Crippen molar-refractivity contribution in [1.29, 1.82) is 0 Å². The van der Waals surface area contributed by atoms with Crippen LogP contribution in [0, 0.1) is 17.0 Å². The van der Waals surface area contributed by atoms with Crippen molar-refractivity contribution in [2.45, 2.75) is 19.8 Å². The molecule has 0 unspecified atom stereocenters. The molecule has 26 heavy (non-hydrogen) atoms. The van der Waals surface area contributed by atoms with Crippen molar-refractivity contribution in [3.05, 3.63) is 64.2 Å². The maximum absolute atomic E-state index is 10.9. The highest BCUT2D eigenvalue weighted by Crippen LogP contribution is 2.41. The predicted octanol–water partition coefficient (Wildman–Crippen LogP) is 5.29. The molecule has 6 heteroatoms. The summed E-state index contributed by atoms with van der Waals surface area (Å²) >= 11 is 1.67. The highest BCUT2D eigenvalue weighted by molar-refractivity contribution is 7.19. The lowest BCUT2D eigenvalue weighted by Gasteiger charge is -2.12. The van der Waals surface area contributed by atoms with Crippen LogP contribution >= 0.6 is 11.3 Å². The summed E-state index contributed by atoms with van der Waals surface area (Å²) in [6.07, 6.45) is 2.40. The Hall–Kier alpha value is -2.73. The molecule has 132 valence electrons. The molecule has 0 spiro atoms. The Labute approximate surface area is 156 Å². The van der Waals surface area contributed by atoms with E-state index >= 15 is 0 Å². The highest BCUT2D eigenvalue weighted by Gasteiger charge is 2.21. The molecule has 0 radical (unpaired) electrons. The molecular formula is C20H19N3O2S. The van der Waals surface area contributed by atoms with E-state index in [9.17, 15) is 10.1 Å². The van der Waals surface area contributed by atoms with Crippen LogP contribution in [0.5, 0.6) is 0 Å². The summed E-state index contributed by atoms with van der Waals surface area (Å²) in [7, 11) is 0. The molecule has 1 aliphatic rings. The highest BCUT2D eigenvalue weighted by atomic mass is 32.1. The molecule has 0 aliphatic carbocycles. The number of aromatic nitrogens is 1. The molecule has 0 saturated carbocycles. The van der Waals surface area contributed by atoms with E-state index < -0.39 is 0 Å². The zero-order valence-electron chi connectivity index (χ0n) is 14.5. The molecule has 4 rings (SSSR count). The van der Waals surface area contributed by atoms with Gasteiger partial charge in [-0.15, -0.1) is 0 Å². The van der Waals surface area contributed by atoms with Crippen LogP contribution < -0.4 is 4.90 Å². The van der Waals surface area contributed by atoms with E-state index in [0.29, 0.717) is 0 Å². The van der Waals surface area contributed by atoms with Gasteiger partial charge in [0.1, 0.15) is 0 Å². The van der Waals surface area contributed by atoms with Gasteiger partial charge in [0, 0.05) is 30.8 Å². The monoisotopic (exact) mass is 365 g/mol. The lowest BCUT2D eigenvalue weighted by Crippen LogP contribution is -2.17. The van der Waals surface area contributed by atoms with E-state index in [4.69, 9.17) is 4.98 Å². The molecular weight excluding hydrogens is 346 g/mol. The van der Waals surface area contributed by atoms with Crippen LogP contribution in [0.1, 0.15) is 18.4 Å². The Bertz CT molecular complexity index is 927. The van der Waals surface area contributed by atoms with Gasteiger partial charge in [-0.3, -0.25) is 10.1 Å². The number of benzene rings is 2. The van der Waals surface area contributed by atoms with E-state index in [-0.39, 0.29) is 10.6 Å². The number of hydrogen-bond acceptors (Lipinski definition) is 5. The molecule has 0 bridgehead atoms. The molecule has 3 aromatic rings. The fourth-order valence-corrected chi connectivity index (χ4v) is 4.34. The smallest absolute Gasteiger partial charge is 0.269 e. The van der Waals surface area contributed by atoms with Gasteiger partial charge in [0.25, 0.3) is 5.69 Å². The first-order valence-corrected chi connectivity index (χ1v) is 9.51. The molecule has 1 fully saturated rings. The number of hydrogen-bond donors (Lipinski definition) is 0. The second-order valence-corrected chi connectivity index (χ2v) is 7.52. The van der Waals surface area contributed by atoms with Crippen LogP contribution in [0.3, 0.4) is 0 Å². The minimum Gasteiger partial charge on any atom is -0.348 e. The summed E-state index contributed by atoms with van der Waals surface area (Å²) < 4.78 is 0. The summed E-state index contributed by atoms with van der Waals surface area (Å²) in [4.78, 5) is 18.9. The first-order valence-electron chi connectivity index (χ1n) is 8.69. The molecule has 1 aliphatic heterocycles. The third-order valence-electron chi connectivity index (χ3n) is 4.66. The van der Waals surface area contributed by atoms with Gasteiger partial charge in [-0.2, -0.15) is 0 Å². The van der Waals surface area contributed by atoms with Crippen molar-refractivity contribution < 1.29 is 4.92 Å². The molecule has 0 N–H and O–H groups in total.